The van der Waals surface area contributed by atoms with Crippen molar-refractivity contribution >= 4 is 28.5 Å². The van der Waals surface area contributed by atoms with Crippen molar-refractivity contribution < 1.29 is 58.9 Å². The minimum absolute atomic E-state index is 0.0570. The lowest BCUT2D eigenvalue weighted by molar-refractivity contribution is -0.278. The summed E-state index contributed by atoms with van der Waals surface area (Å²) in [6.07, 6.45) is -8.44. The molecule has 0 spiro atoms. The number of Topliss-reactive ketones (excluding diaryl/α,β-unsaturated/α-hetero) is 1. The van der Waals surface area contributed by atoms with E-state index in [1.807, 2.05) is 0 Å². The molecule has 5 N–H and O–H groups in total. The molecule has 0 saturated carbocycles. The molecule has 0 unspecified atom stereocenters. The number of aliphatic hydroxyl groups excluding tert-OH is 3. The quantitative estimate of drug-likeness (QED) is 0.210. The Hall–Kier alpha value is -3.45. The fraction of sp³-hybridized carbons (Fsp3) is 0.409. The lowest BCUT2D eigenvalue weighted by Crippen LogP contribution is -2.60. The number of aromatic hydroxyl groups is 1. The van der Waals surface area contributed by atoms with Crippen LogP contribution in [0.1, 0.15) is 22.8 Å². The number of aryl methyl sites for hydroxylation is 1. The molecule has 1 saturated heterocycles. The third-order valence-electron chi connectivity index (χ3n) is 5.40. The number of esters is 1. The number of hydrogen-bond donors (Lipinski definition) is 5. The van der Waals surface area contributed by atoms with Gasteiger partial charge in [-0.15, -0.1) is 0 Å². The van der Waals surface area contributed by atoms with E-state index < -0.39 is 55.0 Å². The van der Waals surface area contributed by atoms with Crippen LogP contribution >= 0.6 is 0 Å². The Morgan fingerprint density at radius 3 is 2.32 bits per heavy atom. The number of carboxylic acid groups (broad SMARTS) is 1. The van der Waals surface area contributed by atoms with E-state index >= 15 is 0 Å². The average molecular weight is 480 g/mol. The third kappa shape index (κ3) is 4.75. The molecular formula is C22H24O12. The molecule has 2 aromatic carbocycles. The number of ether oxygens (including phenoxy) is 4. The number of hydrogen-bond acceptors (Lipinski definition) is 11. The zero-order valence-corrected chi connectivity index (χ0v) is 18.4. The van der Waals surface area contributed by atoms with Gasteiger partial charge >= 0.3 is 11.9 Å². The number of aliphatic hydroxyl groups is 3. The minimum atomic E-state index is -1.87. The van der Waals surface area contributed by atoms with Crippen LogP contribution in [0.3, 0.4) is 0 Å². The molecule has 0 aromatic heterocycles. The zero-order chi connectivity index (χ0) is 25.3. The van der Waals surface area contributed by atoms with E-state index in [1.54, 1.807) is 19.1 Å². The van der Waals surface area contributed by atoms with Crippen LogP contribution in [0.2, 0.25) is 0 Å². The Kier molecular flexibility index (Phi) is 7.26. The summed E-state index contributed by atoms with van der Waals surface area (Å²) < 4.78 is 20.9. The fourth-order valence-electron chi connectivity index (χ4n) is 3.75. The largest absolute Gasteiger partial charge is 0.506 e. The summed E-state index contributed by atoms with van der Waals surface area (Å²) in [5.74, 6) is -4.03. The molecule has 2 aromatic rings. The van der Waals surface area contributed by atoms with Gasteiger partial charge in [-0.1, -0.05) is 6.07 Å². The molecule has 0 aliphatic carbocycles. The zero-order valence-electron chi connectivity index (χ0n) is 18.4. The van der Waals surface area contributed by atoms with E-state index in [0.29, 0.717) is 16.7 Å². The minimum Gasteiger partial charge on any atom is -0.506 e. The molecule has 5 atom stereocenters. The van der Waals surface area contributed by atoms with Crippen LogP contribution in [0.5, 0.6) is 17.2 Å². The molecule has 0 bridgehead atoms. The molecule has 1 fully saturated rings. The van der Waals surface area contributed by atoms with E-state index in [0.717, 1.165) is 0 Å². The number of rotatable bonds is 6. The highest BCUT2D eigenvalue weighted by Gasteiger charge is 2.46. The second kappa shape index (κ2) is 9.81. The maximum absolute atomic E-state index is 12.1. The smallest absolute Gasteiger partial charge is 0.417 e. The summed E-state index contributed by atoms with van der Waals surface area (Å²) in [7, 11) is 1.39. The first kappa shape index (κ1) is 25.2. The van der Waals surface area contributed by atoms with Gasteiger partial charge in [0.05, 0.1) is 18.1 Å². The summed E-state index contributed by atoms with van der Waals surface area (Å²) in [6, 6.07) is 4.57. The first-order valence-electron chi connectivity index (χ1n) is 10.1. The molecule has 12 heteroatoms. The van der Waals surface area contributed by atoms with Crippen molar-refractivity contribution in [3.63, 3.8) is 0 Å². The number of benzene rings is 2. The van der Waals surface area contributed by atoms with Gasteiger partial charge in [-0.3, -0.25) is 4.79 Å². The van der Waals surface area contributed by atoms with Gasteiger partial charge in [0, 0.05) is 6.07 Å². The molecule has 12 nitrogen and oxygen atoms in total. The topological polar surface area (TPSA) is 189 Å². The second-order valence-corrected chi connectivity index (χ2v) is 7.73. The number of fused-ring (bicyclic) bond motifs is 1. The van der Waals surface area contributed by atoms with Gasteiger partial charge in [0.25, 0.3) is 0 Å². The first-order valence-corrected chi connectivity index (χ1v) is 10.1. The molecule has 1 aliphatic rings. The highest BCUT2D eigenvalue weighted by Crippen LogP contribution is 2.42. The summed E-state index contributed by atoms with van der Waals surface area (Å²) >= 11 is 0. The number of carbonyl (C=O) groups excluding carboxylic acids is 2. The fourth-order valence-corrected chi connectivity index (χ4v) is 3.75. The van der Waals surface area contributed by atoms with Crippen LogP contribution in [0.25, 0.3) is 10.8 Å². The highest BCUT2D eigenvalue weighted by molar-refractivity contribution is 6.28. The van der Waals surface area contributed by atoms with Gasteiger partial charge in [0.15, 0.2) is 5.78 Å². The van der Waals surface area contributed by atoms with Gasteiger partial charge in [-0.25, -0.2) is 9.59 Å². The van der Waals surface area contributed by atoms with Crippen molar-refractivity contribution in [3.8, 4) is 17.2 Å². The summed E-state index contributed by atoms with van der Waals surface area (Å²) in [4.78, 5) is 33.9. The Balaban J connectivity index is 2.00. The van der Waals surface area contributed by atoms with Crippen LogP contribution in [-0.4, -0.2) is 87.7 Å². The number of methoxy groups -OCH3 is 1. The summed E-state index contributed by atoms with van der Waals surface area (Å²) in [5, 5.41) is 50.8. The van der Waals surface area contributed by atoms with E-state index in [4.69, 9.17) is 19.3 Å². The van der Waals surface area contributed by atoms with Crippen molar-refractivity contribution in [2.75, 3.05) is 13.7 Å². The summed E-state index contributed by atoms with van der Waals surface area (Å²) in [6.45, 7) is 2.17. The first-order chi connectivity index (χ1) is 16.0. The van der Waals surface area contributed by atoms with Crippen LogP contribution in [0.4, 0.5) is 0 Å². The van der Waals surface area contributed by atoms with Crippen molar-refractivity contribution in [2.24, 2.45) is 0 Å². The van der Waals surface area contributed by atoms with Crippen molar-refractivity contribution in [2.45, 2.75) is 44.6 Å². The highest BCUT2D eigenvalue weighted by atomic mass is 16.7. The van der Waals surface area contributed by atoms with Gasteiger partial charge in [-0.2, -0.15) is 0 Å². The number of carboxylic acids is 1. The average Bonchev–Trinajstić information content (AvgIpc) is 2.77. The molecule has 1 aliphatic heterocycles. The number of carbonyl (C=O) groups is 3. The predicted octanol–water partition coefficient (Wildman–Crippen LogP) is -0.121. The van der Waals surface area contributed by atoms with E-state index in [9.17, 15) is 34.8 Å². The normalized spacial score (nSPS) is 24.5. The van der Waals surface area contributed by atoms with Crippen molar-refractivity contribution in [1.29, 1.82) is 0 Å². The third-order valence-corrected chi connectivity index (χ3v) is 5.40. The van der Waals surface area contributed by atoms with Gasteiger partial charge in [-0.05, 0) is 30.9 Å². The van der Waals surface area contributed by atoms with Gasteiger partial charge < -0.3 is 44.5 Å². The van der Waals surface area contributed by atoms with Crippen LogP contribution in [0.15, 0.2) is 18.2 Å². The number of aliphatic carboxylic acids is 1. The molecule has 0 amide bonds. The molecule has 34 heavy (non-hydrogen) atoms. The Morgan fingerprint density at radius 2 is 1.74 bits per heavy atom. The number of phenols is 1. The van der Waals surface area contributed by atoms with E-state index in [-0.39, 0.29) is 22.4 Å². The Bertz CT molecular complexity index is 1130. The molecular weight excluding hydrogens is 456 g/mol. The van der Waals surface area contributed by atoms with Crippen molar-refractivity contribution in [1.82, 2.24) is 0 Å². The molecule has 0 radical (unpaired) electrons. The number of ketones is 1. The Morgan fingerprint density at radius 1 is 1.06 bits per heavy atom. The lowest BCUT2D eigenvalue weighted by atomic mass is 9.96. The second-order valence-electron chi connectivity index (χ2n) is 7.73. The van der Waals surface area contributed by atoms with Gasteiger partial charge in [0.2, 0.25) is 6.29 Å². The number of phenolic OH excluding ortho intramolecular Hbond substituents is 1. The standard InChI is InChI=1S/C22H24O12/c1-8-4-10-5-11(31-3)6-12(15(10)17(25)14(8)9(2)23)33-22-19(27)18(26)16(24)13(34-22)7-32-21(30)20(28)29/h4-6,13,16,18-19,22,24-27H,7H2,1-3H3,(H,28,29)/t13-,16+,18-,19-,22-/m1/s1. The molecule has 3 rings (SSSR count). The van der Waals surface area contributed by atoms with Crippen LogP contribution in [0, 0.1) is 6.92 Å². The van der Waals surface area contributed by atoms with Crippen molar-refractivity contribution in [3.05, 3.63) is 29.3 Å². The molecule has 184 valence electrons. The maximum Gasteiger partial charge on any atom is 0.417 e. The van der Waals surface area contributed by atoms with E-state index in [2.05, 4.69) is 4.74 Å². The van der Waals surface area contributed by atoms with Crippen LogP contribution < -0.4 is 9.47 Å². The van der Waals surface area contributed by atoms with Gasteiger partial charge in [0.1, 0.15) is 48.3 Å². The monoisotopic (exact) mass is 480 g/mol. The van der Waals surface area contributed by atoms with Crippen LogP contribution in [-0.2, 0) is 19.1 Å². The molecule has 1 heterocycles. The maximum atomic E-state index is 12.1. The Labute approximate surface area is 192 Å². The lowest BCUT2D eigenvalue weighted by Gasteiger charge is -2.40. The van der Waals surface area contributed by atoms with E-state index in [1.165, 1.54) is 20.1 Å². The SMILES string of the molecule is COc1cc(O[C@@H]2O[C@H](COC(=O)C(=O)O)[C@H](O)[C@@H](O)[C@H]2O)c2c(O)c(C(C)=O)c(C)cc2c1. The summed E-state index contributed by atoms with van der Waals surface area (Å²) in [5.41, 5.74) is 0.561. The predicted molar refractivity (Wildman–Crippen MR) is 113 cm³/mol.